The van der Waals surface area contributed by atoms with Gasteiger partial charge >= 0.3 is 0 Å². The quantitative estimate of drug-likeness (QED) is 0.479. The summed E-state index contributed by atoms with van der Waals surface area (Å²) in [6.07, 6.45) is 4.42. The lowest BCUT2D eigenvalue weighted by Gasteiger charge is -2.15. The van der Waals surface area contributed by atoms with Gasteiger partial charge in [-0.1, -0.05) is 11.6 Å². The fraction of sp³-hybridized carbons (Fsp3) is 0.348. The van der Waals surface area contributed by atoms with Gasteiger partial charge in [-0.3, -0.25) is 4.79 Å². The third-order valence-electron chi connectivity index (χ3n) is 4.67. The van der Waals surface area contributed by atoms with Crippen LogP contribution < -0.4 is 24.2 Å². The topological polar surface area (TPSA) is 103 Å². The van der Waals surface area contributed by atoms with E-state index in [1.54, 1.807) is 18.2 Å². The molecule has 0 aromatic heterocycles. The number of ether oxygens (including phenoxy) is 3. The van der Waals surface area contributed by atoms with E-state index in [2.05, 4.69) is 10.0 Å². The molecule has 0 aliphatic heterocycles. The SMILES string of the molecule is COc1ccc(S(=O)(=O)NC2CC2)cc1NC(=O)/C=C/c1cc(Cl)c(OC(C)C)c(OC)c1. The molecule has 8 nitrogen and oxygen atoms in total. The van der Waals surface area contributed by atoms with Gasteiger partial charge < -0.3 is 19.5 Å². The van der Waals surface area contributed by atoms with E-state index in [1.807, 2.05) is 13.8 Å². The van der Waals surface area contributed by atoms with Crippen molar-refractivity contribution in [1.82, 2.24) is 4.72 Å². The van der Waals surface area contributed by atoms with Crippen LogP contribution in [0.4, 0.5) is 5.69 Å². The number of hydrogen-bond donors (Lipinski definition) is 2. The van der Waals surface area contributed by atoms with E-state index in [-0.39, 0.29) is 22.7 Å². The van der Waals surface area contributed by atoms with Crippen LogP contribution in [0.15, 0.2) is 41.3 Å². The molecule has 0 spiro atoms. The van der Waals surface area contributed by atoms with Crippen molar-refractivity contribution in [3.63, 3.8) is 0 Å². The molecule has 0 radical (unpaired) electrons. The molecule has 3 rings (SSSR count). The minimum Gasteiger partial charge on any atom is -0.495 e. The number of sulfonamides is 1. The van der Waals surface area contributed by atoms with Crippen LogP contribution >= 0.6 is 11.6 Å². The normalized spacial score (nSPS) is 13.9. The highest BCUT2D eigenvalue weighted by Gasteiger charge is 2.28. The second kappa shape index (κ2) is 10.5. The van der Waals surface area contributed by atoms with Crippen molar-refractivity contribution in [2.75, 3.05) is 19.5 Å². The van der Waals surface area contributed by atoms with E-state index in [9.17, 15) is 13.2 Å². The molecule has 1 saturated carbocycles. The third-order valence-corrected chi connectivity index (χ3v) is 6.47. The number of methoxy groups -OCH3 is 2. The van der Waals surface area contributed by atoms with Gasteiger partial charge in [-0.2, -0.15) is 0 Å². The molecule has 2 aromatic carbocycles. The van der Waals surface area contributed by atoms with E-state index in [0.717, 1.165) is 12.8 Å². The monoisotopic (exact) mass is 494 g/mol. The highest BCUT2D eigenvalue weighted by molar-refractivity contribution is 7.89. The largest absolute Gasteiger partial charge is 0.495 e. The summed E-state index contributed by atoms with van der Waals surface area (Å²) < 4.78 is 43.9. The molecule has 2 aromatic rings. The van der Waals surface area contributed by atoms with Gasteiger partial charge in [-0.25, -0.2) is 13.1 Å². The Hall–Kier alpha value is -2.75. The highest BCUT2D eigenvalue weighted by Crippen LogP contribution is 2.37. The molecule has 2 N–H and O–H groups in total. The first-order valence-electron chi connectivity index (χ1n) is 10.4. The Bertz CT molecular complexity index is 1160. The molecule has 0 heterocycles. The number of nitrogens with one attached hydrogen (secondary N) is 2. The lowest BCUT2D eigenvalue weighted by Crippen LogP contribution is -2.25. The highest BCUT2D eigenvalue weighted by atomic mass is 35.5. The molecule has 10 heteroatoms. The fourth-order valence-electron chi connectivity index (χ4n) is 2.97. The Morgan fingerprint density at radius 2 is 1.82 bits per heavy atom. The van der Waals surface area contributed by atoms with Crippen LogP contribution in [0.3, 0.4) is 0 Å². The number of amides is 1. The summed E-state index contributed by atoms with van der Waals surface area (Å²) in [7, 11) is -0.735. The summed E-state index contributed by atoms with van der Waals surface area (Å²) >= 11 is 6.32. The lowest BCUT2D eigenvalue weighted by atomic mass is 10.1. The Morgan fingerprint density at radius 1 is 1.12 bits per heavy atom. The first kappa shape index (κ1) is 24.9. The number of benzene rings is 2. The molecule has 1 aliphatic rings. The maximum atomic E-state index is 12.5. The van der Waals surface area contributed by atoms with Crippen LogP contribution in [-0.2, 0) is 14.8 Å². The number of rotatable bonds is 10. The molecule has 1 amide bonds. The van der Waals surface area contributed by atoms with E-state index in [1.165, 1.54) is 38.5 Å². The second-order valence-electron chi connectivity index (χ2n) is 7.78. The van der Waals surface area contributed by atoms with E-state index in [0.29, 0.717) is 27.8 Å². The van der Waals surface area contributed by atoms with E-state index >= 15 is 0 Å². The number of halogens is 1. The summed E-state index contributed by atoms with van der Waals surface area (Å²) in [5, 5.41) is 3.01. The van der Waals surface area contributed by atoms with Crippen molar-refractivity contribution < 1.29 is 27.4 Å². The van der Waals surface area contributed by atoms with Gasteiger partial charge in [-0.15, -0.1) is 0 Å². The Balaban J connectivity index is 1.78. The molecule has 178 valence electrons. The number of carbonyl (C=O) groups is 1. The molecule has 0 bridgehead atoms. The zero-order chi connectivity index (χ0) is 24.2. The lowest BCUT2D eigenvalue weighted by molar-refractivity contribution is -0.111. The fourth-order valence-corrected chi connectivity index (χ4v) is 4.57. The first-order chi connectivity index (χ1) is 15.6. The summed E-state index contributed by atoms with van der Waals surface area (Å²) in [5.74, 6) is 0.731. The summed E-state index contributed by atoms with van der Waals surface area (Å²) in [6, 6.07) is 7.63. The minimum absolute atomic E-state index is 0.0285. The summed E-state index contributed by atoms with van der Waals surface area (Å²) in [6.45, 7) is 3.76. The van der Waals surface area contributed by atoms with Gasteiger partial charge in [0, 0.05) is 12.1 Å². The Morgan fingerprint density at radius 3 is 2.42 bits per heavy atom. The van der Waals surface area contributed by atoms with Crippen molar-refractivity contribution in [2.45, 2.75) is 43.7 Å². The molecule has 1 aliphatic carbocycles. The third kappa shape index (κ3) is 6.63. The Labute approximate surface area is 198 Å². The standard InChI is InChI=1S/C23H27ClN2O6S/c1-14(2)32-23-18(24)11-15(12-21(23)31-4)5-10-22(27)25-19-13-17(8-9-20(19)30-3)33(28,29)26-16-6-7-16/h5,8-14,16,26H,6-7H2,1-4H3,(H,25,27)/b10-5+. The molecule has 1 fully saturated rings. The molecule has 0 unspecified atom stereocenters. The smallest absolute Gasteiger partial charge is 0.248 e. The average molecular weight is 495 g/mol. The summed E-state index contributed by atoms with van der Waals surface area (Å²) in [5.41, 5.74) is 0.863. The Kier molecular flexibility index (Phi) is 7.88. The van der Waals surface area contributed by atoms with Crippen molar-refractivity contribution in [1.29, 1.82) is 0 Å². The van der Waals surface area contributed by atoms with Gasteiger partial charge in [0.15, 0.2) is 11.5 Å². The van der Waals surface area contributed by atoms with Gasteiger partial charge in [0.1, 0.15) is 5.75 Å². The van der Waals surface area contributed by atoms with Gasteiger partial charge in [-0.05, 0) is 68.7 Å². The van der Waals surface area contributed by atoms with Gasteiger partial charge in [0.2, 0.25) is 15.9 Å². The van der Waals surface area contributed by atoms with Crippen molar-refractivity contribution >= 4 is 39.3 Å². The van der Waals surface area contributed by atoms with Crippen LogP contribution in [0, 0.1) is 0 Å². The van der Waals surface area contributed by atoms with Crippen LogP contribution in [0.25, 0.3) is 6.08 Å². The average Bonchev–Trinajstić information content (AvgIpc) is 3.56. The predicted octanol–water partition coefficient (Wildman–Crippen LogP) is 4.24. The maximum absolute atomic E-state index is 12.5. The van der Waals surface area contributed by atoms with E-state index in [4.69, 9.17) is 25.8 Å². The van der Waals surface area contributed by atoms with Crippen molar-refractivity contribution in [3.8, 4) is 17.2 Å². The predicted molar refractivity (Wildman–Crippen MR) is 128 cm³/mol. The molecular weight excluding hydrogens is 468 g/mol. The van der Waals surface area contributed by atoms with Gasteiger partial charge in [0.05, 0.1) is 35.9 Å². The van der Waals surface area contributed by atoms with E-state index < -0.39 is 15.9 Å². The zero-order valence-electron chi connectivity index (χ0n) is 18.8. The number of carbonyl (C=O) groups excluding carboxylic acids is 1. The zero-order valence-corrected chi connectivity index (χ0v) is 20.4. The molecule has 33 heavy (non-hydrogen) atoms. The van der Waals surface area contributed by atoms with Gasteiger partial charge in [0.25, 0.3) is 0 Å². The molecule has 0 saturated heterocycles. The minimum atomic E-state index is -3.68. The molecular formula is C23H27ClN2O6S. The first-order valence-corrected chi connectivity index (χ1v) is 12.2. The second-order valence-corrected chi connectivity index (χ2v) is 9.90. The number of anilines is 1. The number of hydrogen-bond acceptors (Lipinski definition) is 6. The summed E-state index contributed by atoms with van der Waals surface area (Å²) in [4.78, 5) is 12.6. The van der Waals surface area contributed by atoms with Crippen LogP contribution in [0.1, 0.15) is 32.3 Å². The van der Waals surface area contributed by atoms with Crippen molar-refractivity contribution in [2.24, 2.45) is 0 Å². The van der Waals surface area contributed by atoms with Crippen LogP contribution in [0.2, 0.25) is 5.02 Å². The maximum Gasteiger partial charge on any atom is 0.248 e. The van der Waals surface area contributed by atoms with Crippen molar-refractivity contribution in [3.05, 3.63) is 47.0 Å². The molecule has 0 atom stereocenters. The van der Waals surface area contributed by atoms with Crippen LogP contribution in [-0.4, -0.2) is 40.7 Å². The van der Waals surface area contributed by atoms with Crippen LogP contribution in [0.5, 0.6) is 17.2 Å².